The molecule has 0 fully saturated rings. The summed E-state index contributed by atoms with van der Waals surface area (Å²) >= 11 is 0. The molecule has 0 atom stereocenters. The molecule has 1 aliphatic heterocycles. The van der Waals surface area contributed by atoms with Crippen LogP contribution in [0.15, 0.2) is 24.3 Å². The summed E-state index contributed by atoms with van der Waals surface area (Å²) in [6.45, 7) is 2.67. The number of carbonyl (C=O) groups excluding carboxylic acids is 4. The number of imide groups is 1. The van der Waals surface area contributed by atoms with Crippen molar-refractivity contribution in [2.75, 3.05) is 26.4 Å². The van der Waals surface area contributed by atoms with Crippen LogP contribution in [0.3, 0.4) is 0 Å². The highest BCUT2D eigenvalue weighted by Gasteiger charge is 2.34. The van der Waals surface area contributed by atoms with Crippen LogP contribution in [0.25, 0.3) is 0 Å². The summed E-state index contributed by atoms with van der Waals surface area (Å²) in [7, 11) is 0. The molecule has 0 N–H and O–H groups in total. The average molecular weight is 361 g/mol. The first-order valence-corrected chi connectivity index (χ1v) is 8.75. The lowest BCUT2D eigenvalue weighted by Gasteiger charge is -2.13. The summed E-state index contributed by atoms with van der Waals surface area (Å²) in [5, 5.41) is 0. The molecule has 7 heteroatoms. The molecule has 1 aromatic rings. The van der Waals surface area contributed by atoms with E-state index in [1.807, 2.05) is 6.92 Å². The Hall–Kier alpha value is -2.54. The number of hydrogen-bond acceptors (Lipinski definition) is 6. The zero-order valence-corrected chi connectivity index (χ0v) is 14.9. The number of benzene rings is 1. The van der Waals surface area contributed by atoms with Crippen molar-refractivity contribution >= 4 is 23.6 Å². The van der Waals surface area contributed by atoms with E-state index in [9.17, 15) is 19.2 Å². The van der Waals surface area contributed by atoms with E-state index in [0.29, 0.717) is 50.1 Å². The van der Waals surface area contributed by atoms with E-state index < -0.39 is 5.97 Å². The zero-order valence-electron chi connectivity index (χ0n) is 14.9. The van der Waals surface area contributed by atoms with Gasteiger partial charge in [-0.3, -0.25) is 24.1 Å². The van der Waals surface area contributed by atoms with Crippen molar-refractivity contribution in [1.29, 1.82) is 0 Å². The van der Waals surface area contributed by atoms with Gasteiger partial charge in [-0.2, -0.15) is 0 Å². The molecule has 1 aromatic carbocycles. The van der Waals surface area contributed by atoms with Crippen molar-refractivity contribution in [3.63, 3.8) is 0 Å². The van der Waals surface area contributed by atoms with Crippen molar-refractivity contribution < 1.29 is 28.7 Å². The lowest BCUT2D eigenvalue weighted by atomic mass is 10.1. The van der Waals surface area contributed by atoms with E-state index >= 15 is 0 Å². The quantitative estimate of drug-likeness (QED) is 0.259. The fourth-order valence-corrected chi connectivity index (χ4v) is 2.58. The molecule has 0 saturated heterocycles. The van der Waals surface area contributed by atoms with Gasteiger partial charge in [0.25, 0.3) is 11.8 Å². The number of fused-ring (bicyclic) bond motifs is 1. The lowest BCUT2D eigenvalue weighted by Crippen LogP contribution is -2.30. The number of unbranched alkanes of at least 4 members (excludes halogenated alkanes) is 1. The van der Waals surface area contributed by atoms with Gasteiger partial charge in [-0.05, 0) is 31.4 Å². The molecular formula is C19H23NO6. The van der Waals surface area contributed by atoms with Crippen LogP contribution in [0.1, 0.15) is 53.3 Å². The van der Waals surface area contributed by atoms with Crippen LogP contribution in [0.5, 0.6) is 0 Å². The van der Waals surface area contributed by atoms with Gasteiger partial charge in [0.1, 0.15) is 13.0 Å². The van der Waals surface area contributed by atoms with Gasteiger partial charge >= 0.3 is 5.97 Å². The highest BCUT2D eigenvalue weighted by molar-refractivity contribution is 6.21. The first kappa shape index (κ1) is 19.8. The molecule has 140 valence electrons. The Kier molecular flexibility index (Phi) is 7.47. The Bertz CT molecular complexity index is 649. The first-order valence-electron chi connectivity index (χ1n) is 8.75. The minimum atomic E-state index is -0.536. The maximum absolute atomic E-state index is 12.2. The van der Waals surface area contributed by atoms with Gasteiger partial charge in [-0.25, -0.2) is 0 Å². The SMILES string of the molecule is CCCOC(=O)CC(=O)COCCCCN1C(=O)c2ccccc2C1=O. The Balaban J connectivity index is 1.60. The summed E-state index contributed by atoms with van der Waals surface area (Å²) in [5.41, 5.74) is 0.878. The molecule has 2 rings (SSSR count). The summed E-state index contributed by atoms with van der Waals surface area (Å²) in [5.74, 6) is -1.41. The lowest BCUT2D eigenvalue weighted by molar-refractivity contribution is -0.146. The molecule has 2 amide bonds. The summed E-state index contributed by atoms with van der Waals surface area (Å²) in [4.78, 5) is 48.4. The van der Waals surface area contributed by atoms with Crippen molar-refractivity contribution in [2.24, 2.45) is 0 Å². The fourth-order valence-electron chi connectivity index (χ4n) is 2.58. The summed E-state index contributed by atoms with van der Waals surface area (Å²) in [6.07, 6.45) is 1.61. The van der Waals surface area contributed by atoms with Crippen molar-refractivity contribution in [1.82, 2.24) is 4.90 Å². The van der Waals surface area contributed by atoms with E-state index in [2.05, 4.69) is 0 Å². The summed E-state index contributed by atoms with van der Waals surface area (Å²) in [6, 6.07) is 6.76. The monoisotopic (exact) mass is 361 g/mol. The van der Waals surface area contributed by atoms with Gasteiger partial charge in [0.15, 0.2) is 5.78 Å². The molecule has 1 aliphatic rings. The second-order valence-corrected chi connectivity index (χ2v) is 6.00. The maximum atomic E-state index is 12.2. The second kappa shape index (κ2) is 9.82. The molecular weight excluding hydrogens is 338 g/mol. The number of nitrogens with zero attached hydrogens (tertiary/aromatic N) is 1. The second-order valence-electron chi connectivity index (χ2n) is 6.00. The third kappa shape index (κ3) is 5.23. The van der Waals surface area contributed by atoms with Crippen LogP contribution in [-0.2, 0) is 19.1 Å². The van der Waals surface area contributed by atoms with Gasteiger partial charge in [0.05, 0.1) is 17.7 Å². The van der Waals surface area contributed by atoms with Crippen LogP contribution in [0.2, 0.25) is 0 Å². The third-order valence-electron chi connectivity index (χ3n) is 3.87. The number of carbonyl (C=O) groups is 4. The van der Waals surface area contributed by atoms with Gasteiger partial charge < -0.3 is 9.47 Å². The normalized spacial score (nSPS) is 13.0. The number of Topliss-reactive ketones (excluding diaryl/α,β-unsaturated/α-hetero) is 1. The topological polar surface area (TPSA) is 90.0 Å². The highest BCUT2D eigenvalue weighted by atomic mass is 16.5. The number of hydrogen-bond donors (Lipinski definition) is 0. The molecule has 7 nitrogen and oxygen atoms in total. The number of ketones is 1. The highest BCUT2D eigenvalue weighted by Crippen LogP contribution is 2.22. The van der Waals surface area contributed by atoms with Crippen LogP contribution < -0.4 is 0 Å². The predicted molar refractivity (Wildman–Crippen MR) is 92.7 cm³/mol. The van der Waals surface area contributed by atoms with Gasteiger partial charge in [0.2, 0.25) is 0 Å². The van der Waals surface area contributed by atoms with Crippen LogP contribution in [-0.4, -0.2) is 54.8 Å². The van der Waals surface area contributed by atoms with Crippen LogP contribution in [0, 0.1) is 0 Å². The van der Waals surface area contributed by atoms with E-state index in [4.69, 9.17) is 9.47 Å². The maximum Gasteiger partial charge on any atom is 0.313 e. The van der Waals surface area contributed by atoms with E-state index in [-0.39, 0.29) is 30.6 Å². The van der Waals surface area contributed by atoms with Gasteiger partial charge in [-0.1, -0.05) is 19.1 Å². The number of ether oxygens (including phenoxy) is 2. The molecule has 0 bridgehead atoms. The molecule has 0 spiro atoms. The van der Waals surface area contributed by atoms with Crippen molar-refractivity contribution in [3.05, 3.63) is 35.4 Å². The van der Waals surface area contributed by atoms with Gasteiger partial charge in [0, 0.05) is 13.2 Å². The van der Waals surface area contributed by atoms with Crippen LogP contribution in [0.4, 0.5) is 0 Å². The van der Waals surface area contributed by atoms with Crippen molar-refractivity contribution in [3.8, 4) is 0 Å². The Labute approximate surface area is 152 Å². The average Bonchev–Trinajstić information content (AvgIpc) is 2.87. The molecule has 0 radical (unpaired) electrons. The van der Waals surface area contributed by atoms with Crippen molar-refractivity contribution in [2.45, 2.75) is 32.6 Å². The molecule has 26 heavy (non-hydrogen) atoms. The first-order chi connectivity index (χ1) is 12.5. The molecule has 0 aromatic heterocycles. The minimum Gasteiger partial charge on any atom is -0.465 e. The standard InChI is InChI=1S/C19H23NO6/c1-2-10-26-17(22)12-14(21)13-25-11-6-5-9-20-18(23)15-7-3-4-8-16(15)19(20)24/h3-4,7-8H,2,5-6,9-13H2,1H3. The molecule has 0 saturated carbocycles. The molecule has 1 heterocycles. The Morgan fingerprint density at radius 1 is 1.00 bits per heavy atom. The van der Waals surface area contributed by atoms with E-state index in [1.54, 1.807) is 24.3 Å². The number of amides is 2. The predicted octanol–water partition coefficient (Wildman–Crippen LogP) is 1.99. The summed E-state index contributed by atoms with van der Waals surface area (Å²) < 4.78 is 10.1. The Morgan fingerprint density at radius 3 is 2.27 bits per heavy atom. The number of esters is 1. The van der Waals surface area contributed by atoms with Gasteiger partial charge in [-0.15, -0.1) is 0 Å². The molecule has 0 unspecified atom stereocenters. The molecule has 0 aliphatic carbocycles. The fraction of sp³-hybridized carbons (Fsp3) is 0.474. The van der Waals surface area contributed by atoms with E-state index in [1.165, 1.54) is 4.90 Å². The smallest absolute Gasteiger partial charge is 0.313 e. The number of rotatable bonds is 11. The van der Waals surface area contributed by atoms with Crippen LogP contribution >= 0.6 is 0 Å². The third-order valence-corrected chi connectivity index (χ3v) is 3.87. The minimum absolute atomic E-state index is 0.145. The largest absolute Gasteiger partial charge is 0.465 e. The Morgan fingerprint density at radius 2 is 1.65 bits per heavy atom. The zero-order chi connectivity index (χ0) is 18.9. The van der Waals surface area contributed by atoms with E-state index in [0.717, 1.165) is 0 Å².